The van der Waals surface area contributed by atoms with Crippen LogP contribution in [0.5, 0.6) is 5.75 Å². The van der Waals surface area contributed by atoms with Gasteiger partial charge in [0.2, 0.25) is 0 Å². The quantitative estimate of drug-likeness (QED) is 0.800. The van der Waals surface area contributed by atoms with Crippen LogP contribution in [-0.4, -0.2) is 30.1 Å². The number of carbonyl (C=O) groups excluding carboxylic acids is 2. The van der Waals surface area contributed by atoms with Crippen LogP contribution in [0.1, 0.15) is 23.7 Å². The molecule has 0 spiro atoms. The molecule has 1 rings (SSSR count). The SMILES string of the molecule is CCCNC(=O)COC(=O)c1cc(Cl)ccc1O. The van der Waals surface area contributed by atoms with Gasteiger partial charge in [-0.1, -0.05) is 18.5 Å². The Morgan fingerprint density at radius 1 is 1.44 bits per heavy atom. The van der Waals surface area contributed by atoms with Gasteiger partial charge in [-0.25, -0.2) is 4.79 Å². The first kappa shape index (κ1) is 14.3. The first-order valence-electron chi connectivity index (χ1n) is 5.47. The van der Waals surface area contributed by atoms with E-state index in [2.05, 4.69) is 5.32 Å². The van der Waals surface area contributed by atoms with Gasteiger partial charge < -0.3 is 15.2 Å². The number of hydrogen-bond donors (Lipinski definition) is 2. The summed E-state index contributed by atoms with van der Waals surface area (Å²) < 4.78 is 4.75. The van der Waals surface area contributed by atoms with E-state index < -0.39 is 5.97 Å². The number of phenolic OH excluding ortho intramolecular Hbond substituents is 1. The van der Waals surface area contributed by atoms with E-state index >= 15 is 0 Å². The molecule has 1 amide bonds. The van der Waals surface area contributed by atoms with E-state index in [1.54, 1.807) is 0 Å². The molecule has 0 aliphatic heterocycles. The first-order valence-corrected chi connectivity index (χ1v) is 5.84. The van der Waals surface area contributed by atoms with Gasteiger partial charge in [-0.2, -0.15) is 0 Å². The topological polar surface area (TPSA) is 75.6 Å². The van der Waals surface area contributed by atoms with Crippen LogP contribution in [0, 0.1) is 0 Å². The number of rotatable bonds is 5. The zero-order valence-corrected chi connectivity index (χ0v) is 10.7. The number of benzene rings is 1. The smallest absolute Gasteiger partial charge is 0.342 e. The molecule has 2 N–H and O–H groups in total. The van der Waals surface area contributed by atoms with Crippen molar-refractivity contribution in [1.29, 1.82) is 0 Å². The van der Waals surface area contributed by atoms with E-state index in [1.807, 2.05) is 6.92 Å². The van der Waals surface area contributed by atoms with Gasteiger partial charge in [-0.3, -0.25) is 4.79 Å². The molecule has 0 aromatic heterocycles. The van der Waals surface area contributed by atoms with Crippen LogP contribution in [0.15, 0.2) is 18.2 Å². The molecule has 0 aliphatic carbocycles. The summed E-state index contributed by atoms with van der Waals surface area (Å²) in [6.07, 6.45) is 0.800. The van der Waals surface area contributed by atoms with Gasteiger partial charge in [-0.05, 0) is 24.6 Å². The molecule has 18 heavy (non-hydrogen) atoms. The summed E-state index contributed by atoms with van der Waals surface area (Å²) in [6.45, 7) is 2.06. The summed E-state index contributed by atoms with van der Waals surface area (Å²) in [6, 6.07) is 4.01. The van der Waals surface area contributed by atoms with E-state index in [4.69, 9.17) is 16.3 Å². The zero-order chi connectivity index (χ0) is 13.5. The Kier molecular flexibility index (Phi) is 5.45. The van der Waals surface area contributed by atoms with Crippen molar-refractivity contribution in [3.8, 4) is 5.75 Å². The number of ether oxygens (including phenoxy) is 1. The Morgan fingerprint density at radius 2 is 2.17 bits per heavy atom. The Hall–Kier alpha value is -1.75. The minimum atomic E-state index is -0.790. The molecule has 0 saturated heterocycles. The Balaban J connectivity index is 2.55. The Labute approximate surface area is 110 Å². The predicted octanol–water partition coefficient (Wildman–Crippen LogP) is 1.73. The van der Waals surface area contributed by atoms with Crippen molar-refractivity contribution < 1.29 is 19.4 Å². The van der Waals surface area contributed by atoms with Crippen LogP contribution in [0.3, 0.4) is 0 Å². The number of carbonyl (C=O) groups is 2. The lowest BCUT2D eigenvalue weighted by Crippen LogP contribution is -2.29. The van der Waals surface area contributed by atoms with E-state index in [0.717, 1.165) is 6.42 Å². The molecule has 1 aromatic carbocycles. The third-order valence-corrected chi connectivity index (χ3v) is 2.32. The van der Waals surface area contributed by atoms with Crippen molar-refractivity contribution in [3.05, 3.63) is 28.8 Å². The van der Waals surface area contributed by atoms with Crippen LogP contribution in [0.25, 0.3) is 0 Å². The second kappa shape index (κ2) is 6.86. The second-order valence-corrected chi connectivity index (χ2v) is 4.02. The fraction of sp³-hybridized carbons (Fsp3) is 0.333. The van der Waals surface area contributed by atoms with Gasteiger partial charge in [0.05, 0.1) is 0 Å². The molecule has 6 heteroatoms. The zero-order valence-electron chi connectivity index (χ0n) is 9.90. The lowest BCUT2D eigenvalue weighted by molar-refractivity contribution is -0.124. The fourth-order valence-corrected chi connectivity index (χ4v) is 1.37. The minimum Gasteiger partial charge on any atom is -0.507 e. The normalized spacial score (nSPS) is 9.89. The van der Waals surface area contributed by atoms with Gasteiger partial charge in [-0.15, -0.1) is 0 Å². The lowest BCUT2D eigenvalue weighted by atomic mass is 10.2. The highest BCUT2D eigenvalue weighted by Gasteiger charge is 2.14. The lowest BCUT2D eigenvalue weighted by Gasteiger charge is -2.07. The van der Waals surface area contributed by atoms with Crippen LogP contribution in [0.4, 0.5) is 0 Å². The van der Waals surface area contributed by atoms with Crippen molar-refractivity contribution >= 4 is 23.5 Å². The maximum absolute atomic E-state index is 11.6. The average Bonchev–Trinajstić information content (AvgIpc) is 2.36. The summed E-state index contributed by atoms with van der Waals surface area (Å²) in [5.41, 5.74) is -0.0641. The summed E-state index contributed by atoms with van der Waals surface area (Å²) in [4.78, 5) is 22.8. The maximum atomic E-state index is 11.6. The monoisotopic (exact) mass is 271 g/mol. The molecule has 0 atom stereocenters. The molecule has 0 saturated carbocycles. The molecule has 0 heterocycles. The van der Waals surface area contributed by atoms with Crippen LogP contribution < -0.4 is 5.32 Å². The van der Waals surface area contributed by atoms with Crippen molar-refractivity contribution in [1.82, 2.24) is 5.32 Å². The van der Waals surface area contributed by atoms with Gasteiger partial charge >= 0.3 is 5.97 Å². The minimum absolute atomic E-state index is 0.0641. The molecule has 0 bridgehead atoms. The highest BCUT2D eigenvalue weighted by atomic mass is 35.5. The van der Waals surface area contributed by atoms with Gasteiger partial charge in [0, 0.05) is 11.6 Å². The van der Waals surface area contributed by atoms with E-state index in [1.165, 1.54) is 18.2 Å². The van der Waals surface area contributed by atoms with Crippen molar-refractivity contribution in [2.75, 3.05) is 13.2 Å². The summed E-state index contributed by atoms with van der Waals surface area (Å²) in [5, 5.41) is 12.3. The summed E-state index contributed by atoms with van der Waals surface area (Å²) in [7, 11) is 0. The number of hydrogen-bond acceptors (Lipinski definition) is 4. The number of nitrogens with one attached hydrogen (secondary N) is 1. The number of amides is 1. The van der Waals surface area contributed by atoms with E-state index in [0.29, 0.717) is 11.6 Å². The molecule has 0 fully saturated rings. The Morgan fingerprint density at radius 3 is 2.83 bits per heavy atom. The molecule has 0 radical (unpaired) electrons. The highest BCUT2D eigenvalue weighted by molar-refractivity contribution is 6.31. The summed E-state index contributed by atoms with van der Waals surface area (Å²) in [5.74, 6) is -1.41. The number of esters is 1. The molecule has 0 unspecified atom stereocenters. The van der Waals surface area contributed by atoms with Crippen LogP contribution in [-0.2, 0) is 9.53 Å². The van der Waals surface area contributed by atoms with Crippen molar-refractivity contribution in [2.24, 2.45) is 0 Å². The molecular weight excluding hydrogens is 258 g/mol. The molecular formula is C12H14ClNO4. The Bertz CT molecular complexity index is 448. The van der Waals surface area contributed by atoms with Gasteiger partial charge in [0.25, 0.3) is 5.91 Å². The predicted molar refractivity (Wildman–Crippen MR) is 66.7 cm³/mol. The fourth-order valence-electron chi connectivity index (χ4n) is 1.20. The maximum Gasteiger partial charge on any atom is 0.342 e. The molecule has 1 aromatic rings. The van der Waals surface area contributed by atoms with E-state index in [-0.39, 0.29) is 23.8 Å². The van der Waals surface area contributed by atoms with Crippen molar-refractivity contribution in [2.45, 2.75) is 13.3 Å². The van der Waals surface area contributed by atoms with E-state index in [9.17, 15) is 14.7 Å². The van der Waals surface area contributed by atoms with Crippen LogP contribution >= 0.6 is 11.6 Å². The highest BCUT2D eigenvalue weighted by Crippen LogP contribution is 2.22. The third-order valence-electron chi connectivity index (χ3n) is 2.09. The second-order valence-electron chi connectivity index (χ2n) is 3.59. The van der Waals surface area contributed by atoms with Gasteiger partial charge in [0.1, 0.15) is 11.3 Å². The number of halogens is 1. The first-order chi connectivity index (χ1) is 8.54. The largest absolute Gasteiger partial charge is 0.507 e. The summed E-state index contributed by atoms with van der Waals surface area (Å²) >= 11 is 5.69. The number of aromatic hydroxyl groups is 1. The number of phenols is 1. The molecule has 0 aliphatic rings. The van der Waals surface area contributed by atoms with Gasteiger partial charge in [0.15, 0.2) is 6.61 Å². The average molecular weight is 272 g/mol. The molecule has 5 nitrogen and oxygen atoms in total. The third kappa shape index (κ3) is 4.25. The van der Waals surface area contributed by atoms with Crippen LogP contribution in [0.2, 0.25) is 5.02 Å². The van der Waals surface area contributed by atoms with Crippen molar-refractivity contribution in [3.63, 3.8) is 0 Å². The molecule has 98 valence electrons. The standard InChI is InChI=1S/C12H14ClNO4/c1-2-5-14-11(16)7-18-12(17)9-6-8(13)3-4-10(9)15/h3-4,6,15H,2,5,7H2,1H3,(H,14,16).